The van der Waals surface area contributed by atoms with E-state index in [-0.39, 0.29) is 6.54 Å². The smallest absolute Gasteiger partial charge is 0.263 e. The molecule has 11 heteroatoms. The third-order valence-electron chi connectivity index (χ3n) is 5.05. The minimum Gasteiger partial charge on any atom is -0.383 e. The first-order valence-electron chi connectivity index (χ1n) is 8.75. The fourth-order valence-corrected chi connectivity index (χ4v) is 4.21. The number of nitrogen functional groups attached to an aromatic ring is 1. The average Bonchev–Trinajstić information content (AvgIpc) is 3.29. The number of aryl methyl sites for hydroxylation is 1. The highest BCUT2D eigenvalue weighted by Crippen LogP contribution is 2.39. The van der Waals surface area contributed by atoms with E-state index >= 15 is 0 Å². The summed E-state index contributed by atoms with van der Waals surface area (Å²) in [6.07, 6.45) is 2.29. The number of hydrogen-bond donors (Lipinski definition) is 1. The van der Waals surface area contributed by atoms with Gasteiger partial charge in [0.15, 0.2) is 0 Å². The summed E-state index contributed by atoms with van der Waals surface area (Å²) in [5.74, 6) is 0.881. The van der Waals surface area contributed by atoms with E-state index in [0.717, 1.165) is 21.4 Å². The molecule has 28 heavy (non-hydrogen) atoms. The number of aromatic nitrogens is 5. The predicted molar refractivity (Wildman–Crippen MR) is 110 cm³/mol. The molecule has 1 fully saturated rings. The number of nitrogens with two attached hydrogens (primary N) is 1. The summed E-state index contributed by atoms with van der Waals surface area (Å²) in [5.41, 5.74) is 5.83. The van der Waals surface area contributed by atoms with Crippen molar-refractivity contribution in [1.29, 1.82) is 0 Å². The molecule has 0 aliphatic carbocycles. The number of rotatable bonds is 4. The molecular weight excluding hydrogens is 451 g/mol. The van der Waals surface area contributed by atoms with Gasteiger partial charge in [0.25, 0.3) is 11.4 Å². The second kappa shape index (κ2) is 7.15. The van der Waals surface area contributed by atoms with Crippen molar-refractivity contribution in [3.05, 3.63) is 39.9 Å². The van der Waals surface area contributed by atoms with E-state index in [2.05, 4.69) is 31.0 Å². The Balaban J connectivity index is 1.63. The summed E-state index contributed by atoms with van der Waals surface area (Å²) in [6.45, 7) is 2.67. The van der Waals surface area contributed by atoms with Crippen molar-refractivity contribution in [2.75, 3.05) is 23.7 Å². The first-order valence-corrected chi connectivity index (χ1v) is 10.1. The standard InChI is InChI=1S/C17H19BrF2N7P/c1-9-12(14(21)27-16(24-9)22-8-23-27)6-11-2-3-13(18)15(25-11)26-5-4-10(7-26)17(19,20)28/h2-3,8,10H,4-7,21,28H2,1H3. The number of anilines is 2. The number of halogens is 3. The summed E-state index contributed by atoms with van der Waals surface area (Å²) in [5, 5.41) is 4.10. The molecule has 2 unspecified atom stereocenters. The van der Waals surface area contributed by atoms with Gasteiger partial charge in [-0.2, -0.15) is 14.6 Å². The molecule has 3 aromatic rings. The zero-order valence-corrected chi connectivity index (χ0v) is 17.9. The maximum Gasteiger partial charge on any atom is 0.263 e. The van der Waals surface area contributed by atoms with Crippen molar-refractivity contribution in [3.8, 4) is 0 Å². The lowest BCUT2D eigenvalue weighted by Crippen LogP contribution is -2.27. The molecule has 0 saturated carbocycles. The highest BCUT2D eigenvalue weighted by molar-refractivity contribution is 9.10. The molecule has 0 radical (unpaired) electrons. The van der Waals surface area contributed by atoms with E-state index in [1.165, 1.54) is 10.8 Å². The first-order chi connectivity index (χ1) is 13.2. The monoisotopic (exact) mass is 469 g/mol. The predicted octanol–water partition coefficient (Wildman–Crippen LogP) is 3.06. The second-order valence-corrected chi connectivity index (χ2v) is 8.55. The molecule has 2 atom stereocenters. The zero-order chi connectivity index (χ0) is 20.1. The lowest BCUT2D eigenvalue weighted by Gasteiger charge is -2.22. The van der Waals surface area contributed by atoms with Gasteiger partial charge in [-0.25, -0.2) is 18.7 Å². The maximum absolute atomic E-state index is 13.6. The quantitative estimate of drug-likeness (QED) is 0.591. The van der Waals surface area contributed by atoms with Crippen molar-refractivity contribution in [3.63, 3.8) is 0 Å². The average molecular weight is 470 g/mol. The van der Waals surface area contributed by atoms with Gasteiger partial charge in [0.05, 0.1) is 4.47 Å². The molecular formula is C17H19BrF2N7P. The molecule has 4 rings (SSSR count). The summed E-state index contributed by atoms with van der Waals surface area (Å²) in [7, 11) is 1.65. The second-order valence-electron chi connectivity index (χ2n) is 6.92. The molecule has 1 aliphatic rings. The van der Waals surface area contributed by atoms with E-state index in [9.17, 15) is 8.78 Å². The van der Waals surface area contributed by atoms with Gasteiger partial charge in [-0.1, -0.05) is 9.24 Å². The number of nitrogens with zero attached hydrogens (tertiary/aromatic N) is 6. The van der Waals surface area contributed by atoms with Crippen molar-refractivity contribution >= 4 is 42.6 Å². The van der Waals surface area contributed by atoms with Gasteiger partial charge in [-0.15, -0.1) is 0 Å². The Kier molecular flexibility index (Phi) is 4.95. The van der Waals surface area contributed by atoms with Gasteiger partial charge in [0.1, 0.15) is 18.0 Å². The molecule has 1 saturated heterocycles. The SMILES string of the molecule is Cc1nc2ncnn2c(N)c1Cc1ccc(Br)c(N2CCC(C(F)(F)P)C2)n1. The third kappa shape index (κ3) is 3.55. The van der Waals surface area contributed by atoms with Gasteiger partial charge in [-0.05, 0) is 41.4 Å². The number of alkyl halides is 2. The molecule has 1 aliphatic heterocycles. The molecule has 2 N–H and O–H groups in total. The van der Waals surface area contributed by atoms with Crippen LogP contribution in [0.2, 0.25) is 0 Å². The van der Waals surface area contributed by atoms with Gasteiger partial charge in [-0.3, -0.25) is 0 Å². The Bertz CT molecular complexity index is 1040. The van der Waals surface area contributed by atoms with Crippen molar-refractivity contribution in [2.24, 2.45) is 5.92 Å². The Hall–Kier alpha value is -1.93. The summed E-state index contributed by atoms with van der Waals surface area (Å²) in [4.78, 5) is 15.1. The molecule has 4 heterocycles. The summed E-state index contributed by atoms with van der Waals surface area (Å²) in [6, 6.07) is 3.77. The molecule has 148 valence electrons. The lowest BCUT2D eigenvalue weighted by atomic mass is 10.1. The molecule has 0 amide bonds. The number of hydrogen-bond acceptors (Lipinski definition) is 6. The van der Waals surface area contributed by atoms with E-state index in [1.54, 1.807) is 9.24 Å². The van der Waals surface area contributed by atoms with E-state index in [1.807, 2.05) is 24.0 Å². The fraction of sp³-hybridized carbons (Fsp3) is 0.412. The summed E-state index contributed by atoms with van der Waals surface area (Å²) < 4.78 is 29.6. The maximum atomic E-state index is 13.6. The number of fused-ring (bicyclic) bond motifs is 1. The van der Waals surface area contributed by atoms with Gasteiger partial charge in [0.2, 0.25) is 0 Å². The lowest BCUT2D eigenvalue weighted by molar-refractivity contribution is 0.0464. The van der Waals surface area contributed by atoms with Crippen LogP contribution < -0.4 is 10.6 Å². The third-order valence-corrected chi connectivity index (χ3v) is 6.14. The molecule has 0 aromatic carbocycles. The van der Waals surface area contributed by atoms with E-state index in [4.69, 9.17) is 10.7 Å². The van der Waals surface area contributed by atoms with Crippen LogP contribution in [0.15, 0.2) is 22.9 Å². The van der Waals surface area contributed by atoms with Crippen LogP contribution in [0.4, 0.5) is 20.4 Å². The zero-order valence-electron chi connectivity index (χ0n) is 15.1. The van der Waals surface area contributed by atoms with Crippen LogP contribution in [-0.4, -0.2) is 43.3 Å². The molecule has 0 spiro atoms. The van der Waals surface area contributed by atoms with Crippen LogP contribution in [0.5, 0.6) is 0 Å². The van der Waals surface area contributed by atoms with Crippen LogP contribution in [0.25, 0.3) is 5.78 Å². The Labute approximate surface area is 171 Å². The molecule has 7 nitrogen and oxygen atoms in total. The number of pyridine rings is 1. The Morgan fingerprint density at radius 3 is 2.86 bits per heavy atom. The van der Waals surface area contributed by atoms with Crippen molar-refractivity contribution in [1.82, 2.24) is 24.6 Å². The minimum absolute atomic E-state index is 0.263. The largest absolute Gasteiger partial charge is 0.383 e. The minimum atomic E-state index is -2.77. The van der Waals surface area contributed by atoms with Crippen LogP contribution in [-0.2, 0) is 6.42 Å². The molecule has 0 bridgehead atoms. The molecule has 3 aromatic heterocycles. The Morgan fingerprint density at radius 1 is 1.36 bits per heavy atom. The van der Waals surface area contributed by atoms with Gasteiger partial charge in [0, 0.05) is 42.4 Å². The Morgan fingerprint density at radius 2 is 2.14 bits per heavy atom. The van der Waals surface area contributed by atoms with Crippen LogP contribution in [0, 0.1) is 12.8 Å². The van der Waals surface area contributed by atoms with Crippen LogP contribution in [0.3, 0.4) is 0 Å². The fourth-order valence-electron chi connectivity index (χ4n) is 3.47. The van der Waals surface area contributed by atoms with Gasteiger partial charge >= 0.3 is 0 Å². The van der Waals surface area contributed by atoms with E-state index in [0.29, 0.717) is 36.8 Å². The van der Waals surface area contributed by atoms with Crippen molar-refractivity contribution < 1.29 is 8.78 Å². The van der Waals surface area contributed by atoms with Crippen molar-refractivity contribution in [2.45, 2.75) is 25.4 Å². The van der Waals surface area contributed by atoms with Crippen LogP contribution in [0.1, 0.15) is 23.4 Å². The van der Waals surface area contributed by atoms with E-state index < -0.39 is 11.6 Å². The van der Waals surface area contributed by atoms with Crippen LogP contribution >= 0.6 is 25.2 Å². The highest BCUT2D eigenvalue weighted by atomic mass is 79.9. The van der Waals surface area contributed by atoms with Gasteiger partial charge < -0.3 is 10.6 Å². The summed E-state index contributed by atoms with van der Waals surface area (Å²) >= 11 is 3.50. The first kappa shape index (κ1) is 19.4. The normalized spacial score (nSPS) is 17.6. The topological polar surface area (TPSA) is 85.2 Å². The highest BCUT2D eigenvalue weighted by Gasteiger charge is 2.40.